The number of ether oxygens (including phenoxy) is 1. The van der Waals surface area contributed by atoms with Crippen LogP contribution in [0, 0.1) is 12.7 Å². The van der Waals surface area contributed by atoms with E-state index in [0.29, 0.717) is 11.3 Å². The first kappa shape index (κ1) is 20.7. The number of aromatic hydroxyl groups is 1. The quantitative estimate of drug-likeness (QED) is 0.441. The summed E-state index contributed by atoms with van der Waals surface area (Å²) in [5.41, 5.74) is 1.60. The minimum Gasteiger partial charge on any atom is -0.508 e. The number of carbonyl (C=O) groups is 2. The number of carbonyl (C=O) groups excluding carboxylic acids is 2. The number of nitrogens with zero attached hydrogens (tertiary/aromatic N) is 2. The van der Waals surface area contributed by atoms with Crippen LogP contribution in [-0.4, -0.2) is 23.6 Å². The molecule has 2 N–H and O–H groups in total. The highest BCUT2D eigenvalue weighted by Gasteiger charge is 2.14. The van der Waals surface area contributed by atoms with Crippen LogP contribution in [0.1, 0.15) is 15.9 Å². The first-order valence-corrected chi connectivity index (χ1v) is 8.95. The van der Waals surface area contributed by atoms with E-state index in [0.717, 1.165) is 0 Å². The molecule has 0 heterocycles. The lowest BCUT2D eigenvalue weighted by Crippen LogP contribution is -2.21. The summed E-state index contributed by atoms with van der Waals surface area (Å²) in [5.74, 6) is -1.70. The van der Waals surface area contributed by atoms with Crippen molar-refractivity contribution in [1.29, 1.82) is 0 Å². The molecule has 0 spiro atoms. The third-order valence-corrected chi connectivity index (χ3v) is 4.04. The summed E-state index contributed by atoms with van der Waals surface area (Å²) in [6, 6.07) is 16.7. The molecule has 0 aliphatic carbocycles. The molecule has 7 nitrogen and oxygen atoms in total. The molecule has 152 valence electrons. The SMILES string of the molecule is Cc1ccc(NC(=O)COC(=O)c2ccccc2N=Nc2ccc(O)cc2)cc1F. The summed E-state index contributed by atoms with van der Waals surface area (Å²) >= 11 is 0. The van der Waals surface area contributed by atoms with Gasteiger partial charge in [0, 0.05) is 5.69 Å². The summed E-state index contributed by atoms with van der Waals surface area (Å²) in [6.45, 7) is 1.07. The number of esters is 1. The van der Waals surface area contributed by atoms with Crippen molar-refractivity contribution in [1.82, 2.24) is 0 Å². The molecular formula is C22H18FN3O4. The molecular weight excluding hydrogens is 389 g/mol. The number of hydrogen-bond acceptors (Lipinski definition) is 6. The van der Waals surface area contributed by atoms with Crippen LogP contribution in [0.5, 0.6) is 5.75 Å². The van der Waals surface area contributed by atoms with Gasteiger partial charge in [-0.3, -0.25) is 4.79 Å². The van der Waals surface area contributed by atoms with E-state index in [1.165, 1.54) is 30.3 Å². The third kappa shape index (κ3) is 5.48. The normalized spacial score (nSPS) is 10.7. The third-order valence-electron chi connectivity index (χ3n) is 4.04. The number of amides is 1. The maximum absolute atomic E-state index is 13.6. The second kappa shape index (κ2) is 9.42. The zero-order valence-electron chi connectivity index (χ0n) is 16.0. The van der Waals surface area contributed by atoms with Crippen molar-refractivity contribution >= 4 is 28.9 Å². The fourth-order valence-corrected chi connectivity index (χ4v) is 2.44. The number of phenolic OH excluding ortho intramolecular Hbond substituents is 1. The summed E-state index contributed by atoms with van der Waals surface area (Å²) in [5, 5.41) is 19.8. The molecule has 30 heavy (non-hydrogen) atoms. The van der Waals surface area contributed by atoms with Gasteiger partial charge < -0.3 is 15.2 Å². The Labute approximate surface area is 171 Å². The lowest BCUT2D eigenvalue weighted by Gasteiger charge is -2.08. The second-order valence-corrected chi connectivity index (χ2v) is 6.32. The Balaban J connectivity index is 1.63. The molecule has 0 atom stereocenters. The minimum absolute atomic E-state index is 0.101. The molecule has 8 heteroatoms. The van der Waals surface area contributed by atoms with Gasteiger partial charge in [-0.1, -0.05) is 18.2 Å². The highest BCUT2D eigenvalue weighted by molar-refractivity contribution is 5.98. The van der Waals surface area contributed by atoms with Crippen molar-refractivity contribution in [3.63, 3.8) is 0 Å². The zero-order chi connectivity index (χ0) is 21.5. The smallest absolute Gasteiger partial charge is 0.340 e. The van der Waals surface area contributed by atoms with Crippen molar-refractivity contribution in [3.8, 4) is 5.75 Å². The molecule has 0 unspecified atom stereocenters. The van der Waals surface area contributed by atoms with Crippen LogP contribution in [-0.2, 0) is 9.53 Å². The minimum atomic E-state index is -0.750. The fourth-order valence-electron chi connectivity index (χ4n) is 2.44. The van der Waals surface area contributed by atoms with Gasteiger partial charge in [0.05, 0.1) is 11.3 Å². The summed E-state index contributed by atoms with van der Waals surface area (Å²) in [6.07, 6.45) is 0. The largest absolute Gasteiger partial charge is 0.508 e. The molecule has 0 bridgehead atoms. The fraction of sp³-hybridized carbons (Fsp3) is 0.0909. The van der Waals surface area contributed by atoms with Crippen LogP contribution in [0.2, 0.25) is 0 Å². The Morgan fingerprint density at radius 2 is 1.77 bits per heavy atom. The number of hydrogen-bond donors (Lipinski definition) is 2. The summed E-state index contributed by atoms with van der Waals surface area (Å²) in [4.78, 5) is 24.4. The van der Waals surface area contributed by atoms with Gasteiger partial charge in [-0.15, -0.1) is 5.11 Å². The van der Waals surface area contributed by atoms with Crippen LogP contribution >= 0.6 is 0 Å². The predicted molar refractivity (Wildman–Crippen MR) is 109 cm³/mol. The zero-order valence-corrected chi connectivity index (χ0v) is 16.0. The van der Waals surface area contributed by atoms with Crippen LogP contribution in [0.25, 0.3) is 0 Å². The monoisotopic (exact) mass is 407 g/mol. The van der Waals surface area contributed by atoms with Gasteiger partial charge in [0.25, 0.3) is 5.91 Å². The average molecular weight is 407 g/mol. The van der Waals surface area contributed by atoms with E-state index >= 15 is 0 Å². The topological polar surface area (TPSA) is 100 Å². The Morgan fingerprint density at radius 1 is 1.03 bits per heavy atom. The predicted octanol–water partition coefficient (Wildman–Crippen LogP) is 5.05. The van der Waals surface area contributed by atoms with Crippen LogP contribution in [0.4, 0.5) is 21.5 Å². The Morgan fingerprint density at radius 3 is 2.50 bits per heavy atom. The van der Waals surface area contributed by atoms with E-state index in [4.69, 9.17) is 4.74 Å². The number of rotatable bonds is 6. The van der Waals surface area contributed by atoms with Gasteiger partial charge in [-0.05, 0) is 61.0 Å². The first-order valence-electron chi connectivity index (χ1n) is 8.95. The molecule has 0 saturated heterocycles. The van der Waals surface area contributed by atoms with Gasteiger partial charge in [0.15, 0.2) is 6.61 Å². The van der Waals surface area contributed by atoms with Crippen molar-refractivity contribution in [2.75, 3.05) is 11.9 Å². The summed E-state index contributed by atoms with van der Waals surface area (Å²) in [7, 11) is 0. The maximum Gasteiger partial charge on any atom is 0.340 e. The van der Waals surface area contributed by atoms with Gasteiger partial charge in [0.1, 0.15) is 17.3 Å². The number of azo groups is 1. The lowest BCUT2D eigenvalue weighted by atomic mass is 10.2. The van der Waals surface area contributed by atoms with Gasteiger partial charge in [-0.2, -0.15) is 5.11 Å². The van der Waals surface area contributed by atoms with Crippen LogP contribution < -0.4 is 5.32 Å². The molecule has 0 aromatic heterocycles. The molecule has 0 aliphatic heterocycles. The molecule has 0 saturated carbocycles. The van der Waals surface area contributed by atoms with Gasteiger partial charge in [0.2, 0.25) is 0 Å². The number of aryl methyl sites for hydroxylation is 1. The van der Waals surface area contributed by atoms with Gasteiger partial charge >= 0.3 is 5.97 Å². The summed E-state index contributed by atoms with van der Waals surface area (Å²) < 4.78 is 18.6. The average Bonchev–Trinajstić information content (AvgIpc) is 2.74. The van der Waals surface area contributed by atoms with E-state index in [2.05, 4.69) is 15.5 Å². The number of nitrogens with one attached hydrogen (secondary N) is 1. The van der Waals surface area contributed by atoms with E-state index < -0.39 is 24.3 Å². The standard InChI is InChI=1S/C22H18FN3O4/c1-14-6-7-16(12-19(14)23)24-21(28)13-30-22(29)18-4-2-3-5-20(18)26-25-15-8-10-17(27)11-9-15/h2-12,27H,13H2,1H3,(H,24,28). The van der Waals surface area contributed by atoms with Crippen LogP contribution in [0.3, 0.4) is 0 Å². The number of phenols is 1. The maximum atomic E-state index is 13.6. The molecule has 0 radical (unpaired) electrons. The molecule has 3 rings (SSSR count). The highest BCUT2D eigenvalue weighted by atomic mass is 19.1. The van der Waals surface area contributed by atoms with Crippen LogP contribution in [0.15, 0.2) is 77.0 Å². The molecule has 0 fully saturated rings. The molecule has 1 amide bonds. The lowest BCUT2D eigenvalue weighted by molar-refractivity contribution is -0.119. The highest BCUT2D eigenvalue weighted by Crippen LogP contribution is 2.24. The molecule has 3 aromatic rings. The van der Waals surface area contributed by atoms with Crippen molar-refractivity contribution in [2.45, 2.75) is 6.92 Å². The van der Waals surface area contributed by atoms with E-state index in [-0.39, 0.29) is 22.7 Å². The van der Waals surface area contributed by atoms with E-state index in [1.807, 2.05) is 0 Å². The Bertz CT molecular complexity index is 1100. The van der Waals surface area contributed by atoms with Gasteiger partial charge in [-0.25, -0.2) is 9.18 Å². The van der Waals surface area contributed by atoms with E-state index in [1.54, 1.807) is 43.3 Å². The Hall–Kier alpha value is -4.07. The first-order chi connectivity index (χ1) is 14.4. The van der Waals surface area contributed by atoms with Crippen molar-refractivity contribution < 1.29 is 23.8 Å². The van der Waals surface area contributed by atoms with Crippen molar-refractivity contribution in [3.05, 3.63) is 83.7 Å². The molecule has 3 aromatic carbocycles. The number of anilines is 1. The second-order valence-electron chi connectivity index (χ2n) is 6.32. The number of halogens is 1. The number of benzene rings is 3. The van der Waals surface area contributed by atoms with Crippen molar-refractivity contribution in [2.24, 2.45) is 10.2 Å². The van der Waals surface area contributed by atoms with E-state index in [9.17, 15) is 19.1 Å². The molecule has 0 aliphatic rings. The Kier molecular flexibility index (Phi) is 6.49.